The molecule has 1 aliphatic heterocycles. The lowest BCUT2D eigenvalue weighted by Gasteiger charge is -2.24. The molecule has 176 valence electrons. The molecule has 1 aliphatic rings. The summed E-state index contributed by atoms with van der Waals surface area (Å²) in [5, 5.41) is 10.9. The van der Waals surface area contributed by atoms with Crippen LogP contribution in [0.2, 0.25) is 0 Å². The molecule has 0 N–H and O–H groups in total. The van der Waals surface area contributed by atoms with Crippen molar-refractivity contribution >= 4 is 35.4 Å². The third-order valence-electron chi connectivity index (χ3n) is 5.50. The summed E-state index contributed by atoms with van der Waals surface area (Å²) in [6, 6.07) is 18.4. The molecule has 0 aliphatic carbocycles. The maximum absolute atomic E-state index is 12.9. The zero-order valence-electron chi connectivity index (χ0n) is 18.8. The number of hydrogen-bond donors (Lipinski definition) is 0. The lowest BCUT2D eigenvalue weighted by atomic mass is 10.0. The van der Waals surface area contributed by atoms with E-state index >= 15 is 0 Å². The van der Waals surface area contributed by atoms with E-state index in [1.807, 2.05) is 0 Å². The summed E-state index contributed by atoms with van der Waals surface area (Å²) in [5.74, 6) is -1.71. The Bertz CT molecular complexity index is 1300. The number of ether oxygens (including phenoxy) is 1. The van der Waals surface area contributed by atoms with Crippen LogP contribution in [-0.2, 0) is 16.0 Å². The van der Waals surface area contributed by atoms with Crippen molar-refractivity contribution in [2.75, 3.05) is 6.61 Å². The first-order valence-corrected chi connectivity index (χ1v) is 10.9. The Labute approximate surface area is 200 Å². The van der Waals surface area contributed by atoms with Crippen LogP contribution < -0.4 is 0 Å². The van der Waals surface area contributed by atoms with Crippen molar-refractivity contribution in [2.24, 2.45) is 4.99 Å². The second kappa shape index (κ2) is 10.1. The minimum absolute atomic E-state index is 0.0255. The van der Waals surface area contributed by atoms with Crippen LogP contribution in [-0.4, -0.2) is 46.5 Å². The van der Waals surface area contributed by atoms with Crippen molar-refractivity contribution < 1.29 is 24.0 Å². The van der Waals surface area contributed by atoms with E-state index in [0.717, 1.165) is 4.90 Å². The summed E-state index contributed by atoms with van der Waals surface area (Å²) in [4.78, 5) is 54.3. The second-order valence-corrected chi connectivity index (χ2v) is 7.77. The average molecular weight is 471 g/mol. The number of amides is 2. The van der Waals surface area contributed by atoms with Gasteiger partial charge in [0.25, 0.3) is 17.5 Å². The van der Waals surface area contributed by atoms with Gasteiger partial charge in [0.2, 0.25) is 0 Å². The number of aliphatic imine (C=N–C) groups is 1. The zero-order valence-corrected chi connectivity index (χ0v) is 18.8. The lowest BCUT2D eigenvalue weighted by molar-refractivity contribution is -0.384. The first-order chi connectivity index (χ1) is 16.9. The molecule has 1 heterocycles. The van der Waals surface area contributed by atoms with Crippen LogP contribution in [0.15, 0.2) is 77.8 Å². The highest BCUT2D eigenvalue weighted by Crippen LogP contribution is 2.27. The Balaban J connectivity index is 1.53. The summed E-state index contributed by atoms with van der Waals surface area (Å²) in [6.07, 6.45) is 1.60. The van der Waals surface area contributed by atoms with Gasteiger partial charge in [0.05, 0.1) is 28.3 Å². The average Bonchev–Trinajstić information content (AvgIpc) is 3.12. The van der Waals surface area contributed by atoms with Gasteiger partial charge in [0.15, 0.2) is 0 Å². The van der Waals surface area contributed by atoms with E-state index in [9.17, 15) is 24.5 Å². The number of nitro benzene ring substituents is 1. The van der Waals surface area contributed by atoms with Gasteiger partial charge < -0.3 is 4.74 Å². The molecule has 0 fully saturated rings. The lowest BCUT2D eigenvalue weighted by Crippen LogP contribution is -2.47. The number of carbonyl (C=O) groups is 3. The van der Waals surface area contributed by atoms with Gasteiger partial charge in [-0.3, -0.25) is 29.6 Å². The molecule has 0 spiro atoms. The van der Waals surface area contributed by atoms with Gasteiger partial charge in [-0.2, -0.15) is 0 Å². The maximum Gasteiger partial charge on any atom is 0.329 e. The van der Waals surface area contributed by atoms with Crippen molar-refractivity contribution in [2.45, 2.75) is 19.4 Å². The predicted molar refractivity (Wildman–Crippen MR) is 128 cm³/mol. The van der Waals surface area contributed by atoms with E-state index in [0.29, 0.717) is 16.8 Å². The van der Waals surface area contributed by atoms with Crippen molar-refractivity contribution in [3.63, 3.8) is 0 Å². The first kappa shape index (κ1) is 23.5. The second-order valence-electron chi connectivity index (χ2n) is 7.77. The van der Waals surface area contributed by atoms with Crippen LogP contribution in [0.5, 0.6) is 0 Å². The minimum atomic E-state index is -1.11. The number of hydrogen-bond acceptors (Lipinski definition) is 7. The Morgan fingerprint density at radius 2 is 1.69 bits per heavy atom. The monoisotopic (exact) mass is 471 g/mol. The fraction of sp³-hybridized carbons (Fsp3) is 0.154. The first-order valence-electron chi connectivity index (χ1n) is 10.9. The third kappa shape index (κ3) is 4.98. The molecule has 9 heteroatoms. The summed E-state index contributed by atoms with van der Waals surface area (Å²) in [6.45, 7) is 1.77. The SMILES string of the molecule is CCOC(=O)[C@@H](Cc1ccc(N=Cc2cccc([N+](=O)[O-])c2)cc1)N1C(=O)c2ccccc2C1=O. The molecule has 0 bridgehead atoms. The van der Waals surface area contributed by atoms with Crippen molar-refractivity contribution in [3.05, 3.63) is 105 Å². The Kier molecular flexibility index (Phi) is 6.77. The van der Waals surface area contributed by atoms with Crippen molar-refractivity contribution in [1.29, 1.82) is 0 Å². The molecule has 4 rings (SSSR count). The van der Waals surface area contributed by atoms with E-state index in [1.54, 1.807) is 67.6 Å². The molecule has 0 radical (unpaired) electrons. The minimum Gasteiger partial charge on any atom is -0.464 e. The molecule has 2 amide bonds. The number of imide groups is 1. The van der Waals surface area contributed by atoms with Crippen LogP contribution >= 0.6 is 0 Å². The van der Waals surface area contributed by atoms with Gasteiger partial charge in [-0.1, -0.05) is 36.4 Å². The summed E-state index contributed by atoms with van der Waals surface area (Å²) in [5.41, 5.74) is 2.37. The molecule has 0 unspecified atom stereocenters. The van der Waals surface area contributed by atoms with Gasteiger partial charge >= 0.3 is 5.97 Å². The fourth-order valence-electron chi connectivity index (χ4n) is 3.82. The van der Waals surface area contributed by atoms with Gasteiger partial charge in [0, 0.05) is 24.8 Å². The summed E-state index contributed by atoms with van der Waals surface area (Å²) in [7, 11) is 0. The Morgan fingerprint density at radius 1 is 1.03 bits per heavy atom. The van der Waals surface area contributed by atoms with Crippen LogP contribution in [0.4, 0.5) is 11.4 Å². The molecule has 9 nitrogen and oxygen atoms in total. The molecule has 0 saturated carbocycles. The molecular formula is C26H21N3O6. The fourth-order valence-corrected chi connectivity index (χ4v) is 3.82. The van der Waals surface area contributed by atoms with Crippen LogP contribution in [0.1, 0.15) is 38.8 Å². The van der Waals surface area contributed by atoms with Gasteiger partial charge in [-0.15, -0.1) is 0 Å². The largest absolute Gasteiger partial charge is 0.464 e. The smallest absolute Gasteiger partial charge is 0.329 e. The van der Waals surface area contributed by atoms with E-state index < -0.39 is 28.7 Å². The predicted octanol–water partition coefficient (Wildman–Crippen LogP) is 4.12. The standard InChI is InChI=1S/C26H21N3O6/c1-2-35-26(32)23(28-24(30)21-8-3-4-9-22(21)25(28)31)15-17-10-12-19(13-11-17)27-16-18-6-5-7-20(14-18)29(33)34/h3-14,16,23H,2,15H2,1H3/t23-/m1/s1. The molecule has 35 heavy (non-hydrogen) atoms. The number of rotatable bonds is 8. The van der Waals surface area contributed by atoms with Gasteiger partial charge in [-0.25, -0.2) is 4.79 Å². The number of carbonyl (C=O) groups excluding carboxylic acids is 3. The number of esters is 1. The maximum atomic E-state index is 12.9. The number of fused-ring (bicyclic) bond motifs is 1. The third-order valence-corrected chi connectivity index (χ3v) is 5.50. The van der Waals surface area contributed by atoms with Crippen LogP contribution in [0, 0.1) is 10.1 Å². The van der Waals surface area contributed by atoms with Crippen molar-refractivity contribution in [1.82, 2.24) is 4.90 Å². The van der Waals surface area contributed by atoms with E-state index in [1.165, 1.54) is 18.3 Å². The molecule has 3 aromatic rings. The Hall–Kier alpha value is -4.66. The van der Waals surface area contributed by atoms with E-state index in [2.05, 4.69) is 4.99 Å². The zero-order chi connectivity index (χ0) is 24.9. The molecule has 0 saturated heterocycles. The highest BCUT2D eigenvalue weighted by molar-refractivity contribution is 6.22. The number of benzene rings is 3. The molecule has 1 atom stereocenters. The quantitative estimate of drug-likeness (QED) is 0.160. The topological polar surface area (TPSA) is 119 Å². The Morgan fingerprint density at radius 3 is 2.29 bits per heavy atom. The van der Waals surface area contributed by atoms with Crippen molar-refractivity contribution in [3.8, 4) is 0 Å². The highest BCUT2D eigenvalue weighted by Gasteiger charge is 2.43. The van der Waals surface area contributed by atoms with Crippen LogP contribution in [0.3, 0.4) is 0 Å². The molecular weight excluding hydrogens is 450 g/mol. The highest BCUT2D eigenvalue weighted by atomic mass is 16.6. The number of nitrogens with zero attached hydrogens (tertiary/aromatic N) is 3. The molecule has 0 aromatic heterocycles. The van der Waals surface area contributed by atoms with E-state index in [4.69, 9.17) is 4.74 Å². The van der Waals surface area contributed by atoms with Gasteiger partial charge in [-0.05, 0) is 42.3 Å². The number of nitro groups is 1. The van der Waals surface area contributed by atoms with Crippen LogP contribution in [0.25, 0.3) is 0 Å². The van der Waals surface area contributed by atoms with Gasteiger partial charge in [0.1, 0.15) is 6.04 Å². The van der Waals surface area contributed by atoms with E-state index in [-0.39, 0.29) is 29.8 Å². The summed E-state index contributed by atoms with van der Waals surface area (Å²) < 4.78 is 5.17. The normalized spacial score (nSPS) is 13.7. The number of non-ortho nitro benzene ring substituents is 1. The molecule has 3 aromatic carbocycles. The summed E-state index contributed by atoms with van der Waals surface area (Å²) >= 11 is 0.